The first-order chi connectivity index (χ1) is 3.30. The van der Waals surface area contributed by atoms with Crippen molar-refractivity contribution in [2.45, 2.75) is 5.16 Å². The maximum atomic E-state index is 3.88. The van der Waals surface area contributed by atoms with E-state index < -0.39 is 0 Å². The minimum absolute atomic E-state index is 0. The fourth-order valence-corrected chi connectivity index (χ4v) is 0.305. The molecule has 0 aromatic carbocycles. The van der Waals surface area contributed by atoms with Crippen LogP contribution >= 0.6 is 12.6 Å². The molecule has 6 heteroatoms. The molecule has 1 rings (SSSR count). The molecule has 0 aliphatic rings. The maximum absolute atomic E-state index is 3.88. The van der Waals surface area contributed by atoms with Gasteiger partial charge in [-0.05, 0) is 10.4 Å². The van der Waals surface area contributed by atoms with E-state index in [1.807, 2.05) is 0 Å². The zero-order valence-electron chi connectivity index (χ0n) is 4.44. The van der Waals surface area contributed by atoms with E-state index in [1.54, 1.807) is 7.05 Å². The summed E-state index contributed by atoms with van der Waals surface area (Å²) >= 11 is 3.88. The van der Waals surface area contributed by atoms with Crippen LogP contribution in [0.5, 0.6) is 0 Å². The molecule has 0 N–H and O–H groups in total. The molecule has 0 radical (unpaired) electrons. The Morgan fingerprint density at radius 1 is 1.62 bits per heavy atom. The zero-order valence-corrected chi connectivity index (χ0v) is 8.30. The van der Waals surface area contributed by atoms with Crippen LogP contribution < -0.4 is 0 Å². The van der Waals surface area contributed by atoms with Crippen LogP contribution in [0.25, 0.3) is 0 Å². The monoisotopic (exact) mass is 180 g/mol. The molecule has 0 atom stereocenters. The summed E-state index contributed by atoms with van der Waals surface area (Å²) in [5.41, 5.74) is 0. The summed E-state index contributed by atoms with van der Waals surface area (Å²) in [6.45, 7) is 0. The van der Waals surface area contributed by atoms with E-state index in [0.717, 1.165) is 0 Å². The molecule has 0 saturated heterocycles. The Bertz CT molecular complexity index is 146. The molecule has 0 amide bonds. The van der Waals surface area contributed by atoms with E-state index in [0.29, 0.717) is 5.16 Å². The molecule has 8 heavy (non-hydrogen) atoms. The Kier molecular flexibility index (Phi) is 3.16. The van der Waals surface area contributed by atoms with Crippen LogP contribution in [-0.2, 0) is 26.5 Å². The second kappa shape index (κ2) is 3.15. The summed E-state index contributed by atoms with van der Waals surface area (Å²) in [5.74, 6) is 0. The summed E-state index contributed by atoms with van der Waals surface area (Å²) in [6.07, 6.45) is 0. The van der Waals surface area contributed by atoms with Crippen LogP contribution in [0.15, 0.2) is 5.16 Å². The van der Waals surface area contributed by atoms with Gasteiger partial charge in [0.1, 0.15) is 0 Å². The van der Waals surface area contributed by atoms with Crippen LogP contribution in [0.3, 0.4) is 0 Å². The summed E-state index contributed by atoms with van der Waals surface area (Å²) in [5, 5.41) is 10.8. The summed E-state index contributed by atoms with van der Waals surface area (Å²) in [7, 11) is 1.72. The largest absolute Gasteiger partial charge is 0.224 e. The number of hydrogen-bond acceptors (Lipinski definition) is 4. The molecule has 4 nitrogen and oxygen atoms in total. The fraction of sp³-hybridized carbons (Fsp3) is 0.500. The number of hydrogen-bond donors (Lipinski definition) is 1. The molecule has 1 aromatic heterocycles. The van der Waals surface area contributed by atoms with Crippen LogP contribution in [-0.4, -0.2) is 20.2 Å². The van der Waals surface area contributed by atoms with Gasteiger partial charge in [-0.25, -0.2) is 4.68 Å². The third-order valence-electron chi connectivity index (χ3n) is 0.598. The Balaban J connectivity index is 0.000000490. The van der Waals surface area contributed by atoms with E-state index in [2.05, 4.69) is 28.2 Å². The Hall–Kier alpha value is 0.0434. The second-order valence-electron chi connectivity index (χ2n) is 1.10. The summed E-state index contributed by atoms with van der Waals surface area (Å²) < 4.78 is 1.48. The van der Waals surface area contributed by atoms with Crippen molar-refractivity contribution in [3.8, 4) is 0 Å². The Morgan fingerprint density at radius 2 is 2.25 bits per heavy atom. The van der Waals surface area contributed by atoms with E-state index in [-0.39, 0.29) is 19.5 Å². The molecule has 1 heterocycles. The normalized spacial score (nSPS) is 8.25. The van der Waals surface area contributed by atoms with Gasteiger partial charge in [-0.15, -0.1) is 17.7 Å². The first-order valence-electron chi connectivity index (χ1n) is 1.72. The van der Waals surface area contributed by atoms with Gasteiger partial charge in [0.05, 0.1) is 0 Å². The van der Waals surface area contributed by atoms with Crippen molar-refractivity contribution in [3.05, 3.63) is 0 Å². The van der Waals surface area contributed by atoms with Crippen molar-refractivity contribution in [3.63, 3.8) is 0 Å². The predicted octanol–water partition coefficient (Wildman–Crippen LogP) is -0.504. The molecule has 40 valence electrons. The zero-order chi connectivity index (χ0) is 5.28. The first-order valence-corrected chi connectivity index (χ1v) is 2.17. The van der Waals surface area contributed by atoms with E-state index in [9.17, 15) is 0 Å². The number of tetrazole rings is 1. The SMILES string of the molecule is Cn1nnnc1S.[Zn]. The van der Waals surface area contributed by atoms with E-state index in [1.165, 1.54) is 4.68 Å². The van der Waals surface area contributed by atoms with Crippen LogP contribution in [0.4, 0.5) is 0 Å². The van der Waals surface area contributed by atoms with Crippen LogP contribution in [0.1, 0.15) is 0 Å². The molecule has 0 spiro atoms. The van der Waals surface area contributed by atoms with Crippen molar-refractivity contribution >= 4 is 12.6 Å². The summed E-state index contributed by atoms with van der Waals surface area (Å²) in [6, 6.07) is 0. The van der Waals surface area contributed by atoms with Gasteiger partial charge in [-0.3, -0.25) is 0 Å². The van der Waals surface area contributed by atoms with Gasteiger partial charge < -0.3 is 0 Å². The molecule has 0 unspecified atom stereocenters. The van der Waals surface area contributed by atoms with Crippen molar-refractivity contribution < 1.29 is 19.5 Å². The van der Waals surface area contributed by atoms with Gasteiger partial charge in [-0.1, -0.05) is 0 Å². The van der Waals surface area contributed by atoms with E-state index in [4.69, 9.17) is 0 Å². The second-order valence-corrected chi connectivity index (χ2v) is 1.50. The molecule has 1 aromatic rings. The van der Waals surface area contributed by atoms with Gasteiger partial charge in [0, 0.05) is 26.5 Å². The van der Waals surface area contributed by atoms with E-state index >= 15 is 0 Å². The van der Waals surface area contributed by atoms with Crippen molar-refractivity contribution in [1.29, 1.82) is 0 Å². The van der Waals surface area contributed by atoms with Gasteiger partial charge in [-0.2, -0.15) is 0 Å². The minimum Gasteiger partial charge on any atom is -0.224 e. The molecule has 0 aliphatic heterocycles. The number of thiol groups is 1. The molecular weight excluding hydrogens is 178 g/mol. The van der Waals surface area contributed by atoms with Crippen molar-refractivity contribution in [2.75, 3.05) is 0 Å². The Labute approximate surface area is 64.8 Å². The minimum atomic E-state index is 0. The molecule has 0 aliphatic carbocycles. The van der Waals surface area contributed by atoms with Gasteiger partial charge in [0.25, 0.3) is 0 Å². The number of rotatable bonds is 0. The van der Waals surface area contributed by atoms with Gasteiger partial charge in [0.2, 0.25) is 5.16 Å². The Morgan fingerprint density at radius 3 is 2.38 bits per heavy atom. The predicted molar refractivity (Wildman–Crippen MR) is 26.0 cm³/mol. The van der Waals surface area contributed by atoms with Gasteiger partial charge >= 0.3 is 0 Å². The topological polar surface area (TPSA) is 43.6 Å². The van der Waals surface area contributed by atoms with Crippen molar-refractivity contribution in [2.24, 2.45) is 7.05 Å². The summed E-state index contributed by atoms with van der Waals surface area (Å²) in [4.78, 5) is 0. The fourth-order valence-electron chi connectivity index (χ4n) is 0.225. The van der Waals surface area contributed by atoms with Crippen LogP contribution in [0, 0.1) is 0 Å². The standard InChI is InChI=1S/C2H4N4S.Zn/c1-6-2(7)3-4-5-6;/h1H3,(H,3,5,7);. The maximum Gasteiger partial charge on any atom is 0.205 e. The number of nitrogens with zero attached hydrogens (tertiary/aromatic N) is 4. The first kappa shape index (κ1) is 8.04. The smallest absolute Gasteiger partial charge is 0.205 e. The molecule has 0 fully saturated rings. The van der Waals surface area contributed by atoms with Gasteiger partial charge in [0.15, 0.2) is 0 Å². The van der Waals surface area contributed by atoms with Crippen LogP contribution in [0.2, 0.25) is 0 Å². The third-order valence-corrected chi connectivity index (χ3v) is 0.977. The molecular formula is C2H4N4SZn. The number of aromatic nitrogens is 4. The van der Waals surface area contributed by atoms with Crippen molar-refractivity contribution in [1.82, 2.24) is 20.2 Å². The third kappa shape index (κ3) is 1.52. The number of aryl methyl sites for hydroxylation is 1. The average molecular weight is 182 g/mol. The average Bonchev–Trinajstić information content (AvgIpc) is 1.91. The molecule has 0 saturated carbocycles. The quantitative estimate of drug-likeness (QED) is 0.433. The molecule has 0 bridgehead atoms.